The largest absolute Gasteiger partial charge is 0.353 e. The second-order valence-electron chi connectivity index (χ2n) is 10.5. The van der Waals surface area contributed by atoms with Gasteiger partial charge in [-0.1, -0.05) is 35.9 Å². The number of carbonyl (C=O) groups excluding carboxylic acids is 3. The van der Waals surface area contributed by atoms with Crippen LogP contribution in [-0.2, 0) is 9.53 Å². The summed E-state index contributed by atoms with van der Waals surface area (Å²) < 4.78 is 6.37. The number of piperazine rings is 1. The fourth-order valence-corrected chi connectivity index (χ4v) is 5.67. The Bertz CT molecular complexity index is 1160. The summed E-state index contributed by atoms with van der Waals surface area (Å²) >= 11 is 0. The minimum atomic E-state index is -0.905. The van der Waals surface area contributed by atoms with Crippen molar-refractivity contribution in [2.24, 2.45) is 0 Å². The molecular weight excluding hydrogens is 468 g/mol. The van der Waals surface area contributed by atoms with Gasteiger partial charge < -0.3 is 19.4 Å². The minimum Gasteiger partial charge on any atom is -0.353 e. The van der Waals surface area contributed by atoms with E-state index in [4.69, 9.17) is 4.74 Å². The van der Waals surface area contributed by atoms with Crippen molar-refractivity contribution in [3.63, 3.8) is 0 Å². The molecule has 0 N–H and O–H groups in total. The first-order valence-electron chi connectivity index (χ1n) is 13.2. The Labute approximate surface area is 218 Å². The molecule has 37 heavy (non-hydrogen) atoms. The molecule has 3 aliphatic rings. The summed E-state index contributed by atoms with van der Waals surface area (Å²) in [7, 11) is 2.05. The third kappa shape index (κ3) is 4.88. The van der Waals surface area contributed by atoms with Gasteiger partial charge in [-0.05, 0) is 44.7 Å². The van der Waals surface area contributed by atoms with Gasteiger partial charge in [0.05, 0.1) is 6.61 Å². The Balaban J connectivity index is 1.39. The van der Waals surface area contributed by atoms with Crippen molar-refractivity contribution in [1.82, 2.24) is 19.6 Å². The highest BCUT2D eigenvalue weighted by atomic mass is 16.5. The number of piperidine rings is 1. The molecule has 3 amide bonds. The molecule has 3 aliphatic heterocycles. The van der Waals surface area contributed by atoms with Gasteiger partial charge in [-0.3, -0.25) is 19.3 Å². The van der Waals surface area contributed by atoms with E-state index in [-0.39, 0.29) is 24.3 Å². The summed E-state index contributed by atoms with van der Waals surface area (Å²) in [4.78, 5) is 48.5. The van der Waals surface area contributed by atoms with Crippen molar-refractivity contribution < 1.29 is 19.1 Å². The van der Waals surface area contributed by atoms with Crippen LogP contribution < -0.4 is 0 Å². The monoisotopic (exact) mass is 504 g/mol. The average molecular weight is 505 g/mol. The fraction of sp³-hybridized carbons (Fsp3) is 0.483. The second-order valence-corrected chi connectivity index (χ2v) is 10.5. The lowest BCUT2D eigenvalue weighted by atomic mass is 9.95. The molecule has 0 bridgehead atoms. The Morgan fingerprint density at radius 2 is 1.46 bits per heavy atom. The Kier molecular flexibility index (Phi) is 7.05. The maximum atomic E-state index is 13.9. The van der Waals surface area contributed by atoms with Crippen molar-refractivity contribution in [1.29, 1.82) is 0 Å². The minimum absolute atomic E-state index is 0.00702. The van der Waals surface area contributed by atoms with Gasteiger partial charge >= 0.3 is 0 Å². The van der Waals surface area contributed by atoms with Gasteiger partial charge in [-0.2, -0.15) is 0 Å². The van der Waals surface area contributed by atoms with Gasteiger partial charge in [0.2, 0.25) is 5.91 Å². The highest BCUT2D eigenvalue weighted by Crippen LogP contribution is 2.39. The number of amides is 3. The smallest absolute Gasteiger partial charge is 0.256 e. The van der Waals surface area contributed by atoms with Crippen LogP contribution in [0.15, 0.2) is 48.5 Å². The van der Waals surface area contributed by atoms with E-state index < -0.39 is 11.8 Å². The molecule has 3 heterocycles. The summed E-state index contributed by atoms with van der Waals surface area (Å²) in [6.07, 6.45) is 0.934. The van der Waals surface area contributed by atoms with Gasteiger partial charge in [0.1, 0.15) is 11.8 Å². The Morgan fingerprint density at radius 3 is 2.11 bits per heavy atom. The van der Waals surface area contributed by atoms with Crippen molar-refractivity contribution in [3.8, 4) is 0 Å². The summed E-state index contributed by atoms with van der Waals surface area (Å²) in [6.45, 7) is 7.92. The molecule has 0 aliphatic carbocycles. The van der Waals surface area contributed by atoms with E-state index in [0.717, 1.165) is 24.2 Å². The number of nitrogens with zero attached hydrogens (tertiary/aromatic N) is 4. The van der Waals surface area contributed by atoms with Crippen LogP contribution in [0.1, 0.15) is 44.7 Å². The summed E-state index contributed by atoms with van der Waals surface area (Å²) in [6, 6.07) is 14.4. The molecular formula is C29H36N4O4. The lowest BCUT2D eigenvalue weighted by Crippen LogP contribution is -2.61. The molecule has 3 fully saturated rings. The summed E-state index contributed by atoms with van der Waals surface area (Å²) in [5, 5.41) is 0. The maximum Gasteiger partial charge on any atom is 0.256 e. The number of aryl methyl sites for hydroxylation is 2. The Hall–Kier alpha value is -3.23. The predicted octanol–water partition coefficient (Wildman–Crippen LogP) is 2.55. The molecule has 2 aromatic rings. The molecule has 1 atom stereocenters. The average Bonchev–Trinajstić information content (AvgIpc) is 3.27. The second kappa shape index (κ2) is 10.3. The van der Waals surface area contributed by atoms with Crippen molar-refractivity contribution in [2.45, 2.75) is 38.5 Å². The van der Waals surface area contributed by atoms with Gasteiger partial charge in [-0.25, -0.2) is 0 Å². The van der Waals surface area contributed by atoms with E-state index in [1.54, 1.807) is 4.90 Å². The predicted molar refractivity (Wildman–Crippen MR) is 140 cm³/mol. The molecule has 1 spiro atoms. The molecule has 3 saturated heterocycles. The SMILES string of the molecule is Cc1ccc(C(=O)N2C(C(=O)N3CCN(C)CC3)COC23CCN(C(=O)c2ccccc2C)CC3)cc1. The molecule has 2 aromatic carbocycles. The number of likely N-dealkylation sites (tertiary alicyclic amines) is 1. The van der Waals surface area contributed by atoms with Crippen LogP contribution >= 0.6 is 0 Å². The van der Waals surface area contributed by atoms with Crippen molar-refractivity contribution in [2.75, 3.05) is 52.9 Å². The number of benzene rings is 2. The third-order valence-corrected chi connectivity index (χ3v) is 8.09. The first kappa shape index (κ1) is 25.4. The van der Waals surface area contributed by atoms with Gasteiger partial charge in [0.25, 0.3) is 11.8 Å². The van der Waals surface area contributed by atoms with Crippen LogP contribution in [0.4, 0.5) is 0 Å². The zero-order valence-electron chi connectivity index (χ0n) is 22.0. The molecule has 8 heteroatoms. The number of rotatable bonds is 3. The van der Waals surface area contributed by atoms with Crippen molar-refractivity contribution in [3.05, 3.63) is 70.8 Å². The van der Waals surface area contributed by atoms with Crippen LogP contribution in [-0.4, -0.2) is 102 Å². The standard InChI is InChI=1S/C29H36N4O4/c1-21-8-10-23(11-9-21)26(34)33-25(28(36)32-18-16-30(3)17-19-32)20-37-29(33)12-14-31(15-13-29)27(35)24-7-5-4-6-22(24)2/h4-11,25H,12-20H2,1-3H3. The zero-order chi connectivity index (χ0) is 26.2. The van der Waals surface area contributed by atoms with E-state index in [0.29, 0.717) is 50.1 Å². The van der Waals surface area contributed by atoms with Gasteiger partial charge in [0, 0.05) is 63.2 Å². The number of hydrogen-bond acceptors (Lipinski definition) is 5. The summed E-state index contributed by atoms with van der Waals surface area (Å²) in [5.74, 6) is -0.250. The van der Waals surface area contributed by atoms with E-state index >= 15 is 0 Å². The topological polar surface area (TPSA) is 73.4 Å². The molecule has 8 nitrogen and oxygen atoms in total. The van der Waals surface area contributed by atoms with Crippen LogP contribution in [0.2, 0.25) is 0 Å². The quantitative estimate of drug-likeness (QED) is 0.643. The maximum absolute atomic E-state index is 13.9. The number of likely N-dealkylation sites (N-methyl/N-ethyl adjacent to an activating group) is 1. The molecule has 0 saturated carbocycles. The van der Waals surface area contributed by atoms with Crippen LogP contribution in [0, 0.1) is 13.8 Å². The third-order valence-electron chi connectivity index (χ3n) is 8.09. The lowest BCUT2D eigenvalue weighted by molar-refractivity contribution is -0.139. The van der Waals surface area contributed by atoms with Crippen LogP contribution in [0.5, 0.6) is 0 Å². The van der Waals surface area contributed by atoms with Crippen LogP contribution in [0.25, 0.3) is 0 Å². The summed E-state index contributed by atoms with van der Waals surface area (Å²) in [5.41, 5.74) is 2.35. The van der Waals surface area contributed by atoms with E-state index in [1.807, 2.05) is 72.2 Å². The Morgan fingerprint density at radius 1 is 0.811 bits per heavy atom. The van der Waals surface area contributed by atoms with Crippen LogP contribution in [0.3, 0.4) is 0 Å². The van der Waals surface area contributed by atoms with Gasteiger partial charge in [0.15, 0.2) is 0 Å². The molecule has 0 radical (unpaired) electrons. The van der Waals surface area contributed by atoms with Crippen molar-refractivity contribution >= 4 is 17.7 Å². The normalized spacial score (nSPS) is 21.9. The number of ether oxygens (including phenoxy) is 1. The van der Waals surface area contributed by atoms with Gasteiger partial charge in [-0.15, -0.1) is 0 Å². The zero-order valence-corrected chi connectivity index (χ0v) is 22.0. The lowest BCUT2D eigenvalue weighted by Gasteiger charge is -2.45. The number of hydrogen-bond donors (Lipinski definition) is 0. The number of carbonyl (C=O) groups is 3. The molecule has 196 valence electrons. The molecule has 0 aromatic heterocycles. The van der Waals surface area contributed by atoms with E-state index in [9.17, 15) is 14.4 Å². The highest BCUT2D eigenvalue weighted by molar-refractivity contribution is 5.99. The molecule has 1 unspecified atom stereocenters. The van der Waals surface area contributed by atoms with E-state index in [1.165, 1.54) is 0 Å². The molecule has 5 rings (SSSR count). The highest BCUT2D eigenvalue weighted by Gasteiger charge is 2.55. The fourth-order valence-electron chi connectivity index (χ4n) is 5.67. The first-order chi connectivity index (χ1) is 17.8. The first-order valence-corrected chi connectivity index (χ1v) is 13.2. The van der Waals surface area contributed by atoms with E-state index in [2.05, 4.69) is 11.9 Å².